The van der Waals surface area contributed by atoms with E-state index in [-0.39, 0.29) is 13.1 Å². The van der Waals surface area contributed by atoms with Crippen molar-refractivity contribution in [1.29, 1.82) is 0 Å². The van der Waals surface area contributed by atoms with Crippen LogP contribution in [-0.2, 0) is 6.18 Å². The molecule has 0 saturated carbocycles. The zero-order valence-corrected chi connectivity index (χ0v) is 12.0. The Balaban J connectivity index is 2.58. The highest BCUT2D eigenvalue weighted by atomic mass is 19.4. The molecule has 9 heteroatoms. The fraction of sp³-hybridized carbons (Fsp3) is 0.571. The number of piperazine rings is 1. The number of aliphatic hydroxyl groups is 1. The Hall–Kier alpha value is -1.32. The molecule has 2 N–H and O–H groups in total. The number of rotatable bonds is 4. The zero-order chi connectivity index (χ0) is 17.3. The minimum atomic E-state index is -5.11. The summed E-state index contributed by atoms with van der Waals surface area (Å²) in [6.45, 7) is -0.874. The zero-order valence-electron chi connectivity index (χ0n) is 12.0. The Morgan fingerprint density at radius 1 is 1.13 bits per heavy atom. The molecule has 0 bridgehead atoms. The molecular weight excluding hydrogens is 326 g/mol. The summed E-state index contributed by atoms with van der Waals surface area (Å²) in [7, 11) is 0. The lowest BCUT2D eigenvalue weighted by Gasteiger charge is -2.39. The van der Waals surface area contributed by atoms with E-state index in [1.54, 1.807) is 0 Å². The molecule has 1 heterocycles. The van der Waals surface area contributed by atoms with Crippen molar-refractivity contribution in [3.8, 4) is 0 Å². The average Bonchev–Trinajstić information content (AvgIpc) is 2.47. The molecule has 0 aliphatic carbocycles. The molecule has 0 aromatic heterocycles. The third kappa shape index (κ3) is 3.78. The maximum absolute atomic E-state index is 14.2. The lowest BCUT2D eigenvalue weighted by Crippen LogP contribution is -2.51. The second kappa shape index (κ2) is 6.66. The fourth-order valence-corrected chi connectivity index (χ4v) is 2.79. The summed E-state index contributed by atoms with van der Waals surface area (Å²) in [5.41, 5.74) is -2.57. The van der Waals surface area contributed by atoms with E-state index in [1.807, 2.05) is 0 Å². The van der Waals surface area contributed by atoms with Gasteiger partial charge in [-0.05, 0) is 11.6 Å². The molecule has 1 fully saturated rings. The van der Waals surface area contributed by atoms with E-state index in [0.717, 1.165) is 17.0 Å². The molecule has 23 heavy (non-hydrogen) atoms. The first-order valence-electron chi connectivity index (χ1n) is 6.97. The number of halogens is 6. The molecule has 1 atom stereocenters. The smallest absolute Gasteiger partial charge is 0.390 e. The van der Waals surface area contributed by atoms with Gasteiger partial charge in [0, 0.05) is 26.2 Å². The van der Waals surface area contributed by atoms with Gasteiger partial charge in [-0.2, -0.15) is 13.2 Å². The standard InChI is InChI=1S/C14H16F6N2O/c15-10-3-1-2-9(11(10)14(18,19)20)12(13(16,17)8-23)22-6-4-21-5-7-22/h1-3,12,21,23H,4-8H2/t12-/m0/s1. The maximum Gasteiger partial charge on any atom is 0.419 e. The van der Waals surface area contributed by atoms with Crippen LogP contribution in [0, 0.1) is 5.82 Å². The molecule has 1 aliphatic heterocycles. The van der Waals surface area contributed by atoms with Crippen LogP contribution in [0.3, 0.4) is 0 Å². The van der Waals surface area contributed by atoms with E-state index in [2.05, 4.69) is 5.32 Å². The topological polar surface area (TPSA) is 35.5 Å². The molecule has 0 spiro atoms. The number of nitrogens with zero attached hydrogens (tertiary/aromatic N) is 1. The van der Waals surface area contributed by atoms with E-state index in [1.165, 1.54) is 0 Å². The summed E-state index contributed by atoms with van der Waals surface area (Å²) in [5, 5.41) is 11.9. The van der Waals surface area contributed by atoms with Crippen LogP contribution in [0.5, 0.6) is 0 Å². The molecule has 0 radical (unpaired) electrons. The Labute approximate surface area is 128 Å². The Kier molecular flexibility index (Phi) is 5.22. The number of hydrogen-bond acceptors (Lipinski definition) is 3. The normalized spacial score (nSPS) is 18.9. The molecule has 1 aromatic rings. The van der Waals surface area contributed by atoms with Gasteiger partial charge in [-0.25, -0.2) is 13.2 Å². The molecule has 0 unspecified atom stereocenters. The molecule has 1 aliphatic rings. The summed E-state index contributed by atoms with van der Waals surface area (Å²) in [5.74, 6) is -5.45. The number of alkyl halides is 5. The summed E-state index contributed by atoms with van der Waals surface area (Å²) in [4.78, 5) is 1.14. The number of benzene rings is 1. The third-order valence-corrected chi connectivity index (χ3v) is 3.75. The Morgan fingerprint density at radius 2 is 1.74 bits per heavy atom. The lowest BCUT2D eigenvalue weighted by atomic mass is 9.93. The van der Waals surface area contributed by atoms with Gasteiger partial charge in [-0.15, -0.1) is 0 Å². The summed E-state index contributed by atoms with van der Waals surface area (Å²) in [6.07, 6.45) is -5.11. The van der Waals surface area contributed by atoms with Crippen molar-refractivity contribution < 1.29 is 31.4 Å². The monoisotopic (exact) mass is 342 g/mol. The average molecular weight is 342 g/mol. The van der Waals surface area contributed by atoms with Gasteiger partial charge < -0.3 is 10.4 Å². The van der Waals surface area contributed by atoms with Crippen molar-refractivity contribution in [2.45, 2.75) is 18.1 Å². The SMILES string of the molecule is OCC(F)(F)[C@H](c1cccc(F)c1C(F)(F)F)N1CCNCC1. The highest BCUT2D eigenvalue weighted by Gasteiger charge is 2.48. The van der Waals surface area contributed by atoms with Gasteiger partial charge >= 0.3 is 6.18 Å². The first kappa shape index (κ1) is 18.0. The third-order valence-electron chi connectivity index (χ3n) is 3.75. The first-order chi connectivity index (χ1) is 10.7. The van der Waals surface area contributed by atoms with Crippen LogP contribution < -0.4 is 5.32 Å². The van der Waals surface area contributed by atoms with Crippen LogP contribution in [0.4, 0.5) is 26.3 Å². The van der Waals surface area contributed by atoms with Crippen molar-refractivity contribution in [3.05, 3.63) is 35.1 Å². The number of hydrogen-bond donors (Lipinski definition) is 2. The molecular formula is C14H16F6N2O. The molecule has 2 rings (SSSR count). The summed E-state index contributed by atoms with van der Waals surface area (Å²) in [6, 6.07) is 0.324. The fourth-order valence-electron chi connectivity index (χ4n) is 2.79. The summed E-state index contributed by atoms with van der Waals surface area (Å²) < 4.78 is 81.5. The van der Waals surface area contributed by atoms with Crippen LogP contribution in [0.15, 0.2) is 18.2 Å². The van der Waals surface area contributed by atoms with E-state index < -0.39 is 41.7 Å². The largest absolute Gasteiger partial charge is 0.419 e. The molecule has 130 valence electrons. The van der Waals surface area contributed by atoms with Gasteiger partial charge in [0.15, 0.2) is 0 Å². The van der Waals surface area contributed by atoms with Crippen LogP contribution >= 0.6 is 0 Å². The van der Waals surface area contributed by atoms with Crippen LogP contribution in [0.2, 0.25) is 0 Å². The van der Waals surface area contributed by atoms with Gasteiger partial charge in [0.1, 0.15) is 18.5 Å². The molecule has 1 aromatic carbocycles. The Morgan fingerprint density at radius 3 is 2.26 bits per heavy atom. The predicted molar refractivity (Wildman–Crippen MR) is 70.6 cm³/mol. The molecule has 1 saturated heterocycles. The van der Waals surface area contributed by atoms with Gasteiger partial charge in [0.2, 0.25) is 0 Å². The number of nitrogens with one attached hydrogen (secondary N) is 1. The minimum absolute atomic E-state index is 0.0636. The van der Waals surface area contributed by atoms with Crippen molar-refractivity contribution in [2.24, 2.45) is 0 Å². The number of aliphatic hydroxyl groups excluding tert-OH is 1. The van der Waals surface area contributed by atoms with Crippen LogP contribution in [0.25, 0.3) is 0 Å². The molecule has 3 nitrogen and oxygen atoms in total. The summed E-state index contributed by atoms with van der Waals surface area (Å²) >= 11 is 0. The Bertz CT molecular complexity index is 543. The maximum atomic E-state index is 14.2. The minimum Gasteiger partial charge on any atom is -0.390 e. The molecule has 0 amide bonds. The second-order valence-corrected chi connectivity index (χ2v) is 5.31. The van der Waals surface area contributed by atoms with Gasteiger partial charge in [-0.3, -0.25) is 4.90 Å². The van der Waals surface area contributed by atoms with Crippen molar-refractivity contribution in [2.75, 3.05) is 32.8 Å². The lowest BCUT2D eigenvalue weighted by molar-refractivity contribution is -0.147. The quantitative estimate of drug-likeness (QED) is 0.825. The van der Waals surface area contributed by atoms with Crippen molar-refractivity contribution >= 4 is 0 Å². The van der Waals surface area contributed by atoms with Gasteiger partial charge in [-0.1, -0.05) is 12.1 Å². The van der Waals surface area contributed by atoms with Gasteiger partial charge in [0.25, 0.3) is 5.92 Å². The highest BCUT2D eigenvalue weighted by molar-refractivity contribution is 5.35. The van der Waals surface area contributed by atoms with E-state index in [4.69, 9.17) is 5.11 Å². The first-order valence-corrected chi connectivity index (χ1v) is 6.97. The van der Waals surface area contributed by atoms with E-state index in [9.17, 15) is 26.3 Å². The van der Waals surface area contributed by atoms with Crippen LogP contribution in [0.1, 0.15) is 17.2 Å². The predicted octanol–water partition coefficient (Wildman–Crippen LogP) is 2.42. The van der Waals surface area contributed by atoms with E-state index in [0.29, 0.717) is 19.2 Å². The van der Waals surface area contributed by atoms with Crippen LogP contribution in [-0.4, -0.2) is 48.7 Å². The van der Waals surface area contributed by atoms with E-state index >= 15 is 0 Å². The second-order valence-electron chi connectivity index (χ2n) is 5.31. The van der Waals surface area contributed by atoms with Gasteiger partial charge in [0.05, 0.1) is 5.56 Å². The highest BCUT2D eigenvalue weighted by Crippen LogP contribution is 2.43. The van der Waals surface area contributed by atoms with Crippen molar-refractivity contribution in [1.82, 2.24) is 10.2 Å². The van der Waals surface area contributed by atoms with Crippen molar-refractivity contribution in [3.63, 3.8) is 0 Å².